The summed E-state index contributed by atoms with van der Waals surface area (Å²) < 4.78 is 4.84. The van der Waals surface area contributed by atoms with Gasteiger partial charge in [-0.2, -0.15) is 23.1 Å². The fourth-order valence-electron chi connectivity index (χ4n) is 1.14. The quantitative estimate of drug-likeness (QED) is 0.603. The van der Waals surface area contributed by atoms with E-state index >= 15 is 0 Å². The molecule has 0 amide bonds. The molecule has 2 N–H and O–H groups in total. The Kier molecular flexibility index (Phi) is 6.52. The molecule has 1 unspecified atom stereocenters. The zero-order valence-electron chi connectivity index (χ0n) is 9.35. The minimum Gasteiger partial charge on any atom is -0.465 e. The van der Waals surface area contributed by atoms with Crippen LogP contribution in [-0.2, 0) is 15.3 Å². The van der Waals surface area contributed by atoms with Gasteiger partial charge in [-0.15, -0.1) is 0 Å². The SMILES string of the molecule is CCOC(=O)C(N)CCSCc1ccsc1. The van der Waals surface area contributed by atoms with E-state index in [0.717, 1.165) is 11.5 Å². The highest BCUT2D eigenvalue weighted by atomic mass is 32.2. The van der Waals surface area contributed by atoms with Crippen LogP contribution in [0, 0.1) is 0 Å². The van der Waals surface area contributed by atoms with Crippen LogP contribution in [0.5, 0.6) is 0 Å². The molecule has 0 aromatic carbocycles. The van der Waals surface area contributed by atoms with E-state index in [1.165, 1.54) is 5.56 Å². The first-order valence-corrected chi connectivity index (χ1v) is 7.34. The van der Waals surface area contributed by atoms with E-state index in [-0.39, 0.29) is 5.97 Å². The van der Waals surface area contributed by atoms with Gasteiger partial charge in [0.05, 0.1) is 6.61 Å². The predicted molar refractivity (Wildman–Crippen MR) is 69.7 cm³/mol. The van der Waals surface area contributed by atoms with E-state index in [9.17, 15) is 4.79 Å². The first-order valence-electron chi connectivity index (χ1n) is 5.25. The van der Waals surface area contributed by atoms with Crippen molar-refractivity contribution in [1.29, 1.82) is 0 Å². The summed E-state index contributed by atoms with van der Waals surface area (Å²) in [5.41, 5.74) is 7.01. The minimum absolute atomic E-state index is 0.293. The molecule has 0 saturated heterocycles. The largest absolute Gasteiger partial charge is 0.465 e. The molecule has 16 heavy (non-hydrogen) atoms. The zero-order chi connectivity index (χ0) is 11.8. The first kappa shape index (κ1) is 13.5. The van der Waals surface area contributed by atoms with E-state index in [1.54, 1.807) is 30.0 Å². The second-order valence-corrected chi connectivity index (χ2v) is 5.22. The van der Waals surface area contributed by atoms with Crippen LogP contribution in [0.1, 0.15) is 18.9 Å². The molecule has 5 heteroatoms. The van der Waals surface area contributed by atoms with Gasteiger partial charge in [0.1, 0.15) is 6.04 Å². The molecule has 0 bridgehead atoms. The third-order valence-electron chi connectivity index (χ3n) is 2.01. The summed E-state index contributed by atoms with van der Waals surface area (Å²) in [7, 11) is 0. The van der Waals surface area contributed by atoms with Crippen molar-refractivity contribution >= 4 is 29.1 Å². The average molecular weight is 259 g/mol. The first-order chi connectivity index (χ1) is 7.74. The average Bonchev–Trinajstić information content (AvgIpc) is 2.77. The van der Waals surface area contributed by atoms with Crippen molar-refractivity contribution in [3.63, 3.8) is 0 Å². The van der Waals surface area contributed by atoms with Crippen LogP contribution in [0.3, 0.4) is 0 Å². The van der Waals surface area contributed by atoms with E-state index in [4.69, 9.17) is 10.5 Å². The van der Waals surface area contributed by atoms with Crippen LogP contribution in [0.4, 0.5) is 0 Å². The number of nitrogens with two attached hydrogens (primary N) is 1. The van der Waals surface area contributed by atoms with Crippen LogP contribution >= 0.6 is 23.1 Å². The number of rotatable bonds is 7. The third-order valence-corrected chi connectivity index (χ3v) is 3.81. The predicted octanol–water partition coefficient (Wildman–Crippen LogP) is 2.26. The number of carbonyl (C=O) groups excluding carboxylic acids is 1. The monoisotopic (exact) mass is 259 g/mol. The molecule has 0 spiro atoms. The summed E-state index contributed by atoms with van der Waals surface area (Å²) in [5, 5.41) is 4.21. The number of thioether (sulfide) groups is 1. The van der Waals surface area contributed by atoms with Gasteiger partial charge in [0.2, 0.25) is 0 Å². The summed E-state index contributed by atoms with van der Waals surface area (Å²) in [6.07, 6.45) is 0.674. The number of hydrogen-bond acceptors (Lipinski definition) is 5. The normalized spacial score (nSPS) is 12.4. The molecule has 0 aliphatic carbocycles. The maximum Gasteiger partial charge on any atom is 0.322 e. The molecule has 1 heterocycles. The molecule has 0 radical (unpaired) electrons. The van der Waals surface area contributed by atoms with Crippen molar-refractivity contribution in [2.75, 3.05) is 12.4 Å². The Labute approximate surface area is 104 Å². The lowest BCUT2D eigenvalue weighted by Gasteiger charge is -2.09. The second kappa shape index (κ2) is 7.70. The number of esters is 1. The van der Waals surface area contributed by atoms with Gasteiger partial charge in [-0.05, 0) is 41.5 Å². The lowest BCUT2D eigenvalue weighted by atomic mass is 10.2. The van der Waals surface area contributed by atoms with Gasteiger partial charge < -0.3 is 10.5 Å². The van der Waals surface area contributed by atoms with Gasteiger partial charge in [-0.1, -0.05) is 0 Å². The van der Waals surface area contributed by atoms with Crippen LogP contribution in [-0.4, -0.2) is 24.4 Å². The van der Waals surface area contributed by atoms with E-state index in [1.807, 2.05) is 0 Å². The van der Waals surface area contributed by atoms with Crippen LogP contribution in [0.15, 0.2) is 16.8 Å². The topological polar surface area (TPSA) is 52.3 Å². The van der Waals surface area contributed by atoms with Crippen LogP contribution < -0.4 is 5.73 Å². The Morgan fingerprint density at radius 2 is 2.50 bits per heavy atom. The summed E-state index contributed by atoms with van der Waals surface area (Å²) in [6.45, 7) is 2.19. The molecule has 0 saturated carbocycles. The molecule has 0 aliphatic heterocycles. The molecule has 0 fully saturated rings. The number of hydrogen-bond donors (Lipinski definition) is 1. The van der Waals surface area contributed by atoms with Gasteiger partial charge in [-0.3, -0.25) is 4.79 Å². The lowest BCUT2D eigenvalue weighted by Crippen LogP contribution is -2.32. The van der Waals surface area contributed by atoms with Crippen LogP contribution in [0.2, 0.25) is 0 Å². The Morgan fingerprint density at radius 1 is 1.69 bits per heavy atom. The molecule has 3 nitrogen and oxygen atoms in total. The molecule has 90 valence electrons. The van der Waals surface area contributed by atoms with Gasteiger partial charge in [-0.25, -0.2) is 0 Å². The summed E-state index contributed by atoms with van der Waals surface area (Å²) in [5.74, 6) is 1.58. The zero-order valence-corrected chi connectivity index (χ0v) is 11.0. The van der Waals surface area contributed by atoms with Crippen molar-refractivity contribution < 1.29 is 9.53 Å². The van der Waals surface area contributed by atoms with Crippen molar-refractivity contribution in [2.24, 2.45) is 5.73 Å². The highest BCUT2D eigenvalue weighted by molar-refractivity contribution is 7.98. The number of carbonyl (C=O) groups is 1. The van der Waals surface area contributed by atoms with Gasteiger partial charge >= 0.3 is 5.97 Å². The fraction of sp³-hybridized carbons (Fsp3) is 0.545. The third kappa shape index (κ3) is 5.01. The molecular formula is C11H17NO2S2. The minimum atomic E-state index is -0.477. The Morgan fingerprint density at radius 3 is 3.12 bits per heavy atom. The summed E-state index contributed by atoms with van der Waals surface area (Å²) in [6, 6.07) is 1.64. The lowest BCUT2D eigenvalue weighted by molar-refractivity contribution is -0.144. The summed E-state index contributed by atoms with van der Waals surface area (Å²) in [4.78, 5) is 11.2. The van der Waals surface area contributed by atoms with E-state index in [0.29, 0.717) is 13.0 Å². The molecule has 0 aliphatic rings. The van der Waals surface area contributed by atoms with Crippen molar-refractivity contribution in [2.45, 2.75) is 25.1 Å². The molecular weight excluding hydrogens is 242 g/mol. The smallest absolute Gasteiger partial charge is 0.322 e. The Hall–Kier alpha value is -0.520. The molecule has 1 rings (SSSR count). The van der Waals surface area contributed by atoms with Gasteiger partial charge in [0.15, 0.2) is 0 Å². The standard InChI is InChI=1S/C11H17NO2S2/c1-2-14-11(13)10(12)4-6-16-8-9-3-5-15-7-9/h3,5,7,10H,2,4,6,8,12H2,1H3. The van der Waals surface area contributed by atoms with Gasteiger partial charge in [0.25, 0.3) is 0 Å². The van der Waals surface area contributed by atoms with Crippen molar-refractivity contribution in [3.05, 3.63) is 22.4 Å². The van der Waals surface area contributed by atoms with Crippen molar-refractivity contribution in [1.82, 2.24) is 0 Å². The maximum absolute atomic E-state index is 11.2. The van der Waals surface area contributed by atoms with Crippen molar-refractivity contribution in [3.8, 4) is 0 Å². The molecule has 1 atom stereocenters. The maximum atomic E-state index is 11.2. The molecule has 1 aromatic rings. The van der Waals surface area contributed by atoms with Gasteiger partial charge in [0, 0.05) is 5.75 Å². The van der Waals surface area contributed by atoms with Crippen LogP contribution in [0.25, 0.3) is 0 Å². The second-order valence-electron chi connectivity index (χ2n) is 3.33. The summed E-state index contributed by atoms with van der Waals surface area (Å²) >= 11 is 3.50. The Balaban J connectivity index is 2.08. The van der Waals surface area contributed by atoms with E-state index < -0.39 is 6.04 Å². The fourth-order valence-corrected chi connectivity index (χ4v) is 2.90. The highest BCUT2D eigenvalue weighted by Gasteiger charge is 2.13. The number of ether oxygens (including phenoxy) is 1. The highest BCUT2D eigenvalue weighted by Crippen LogP contribution is 2.16. The number of thiophene rings is 1. The molecule has 1 aromatic heterocycles. The van der Waals surface area contributed by atoms with E-state index in [2.05, 4.69) is 16.8 Å². The Bertz CT molecular complexity index is 301.